The number of hydrogen-bond acceptors (Lipinski definition) is 7. The van der Waals surface area contributed by atoms with E-state index in [1.165, 1.54) is 6.92 Å². The van der Waals surface area contributed by atoms with Crippen LogP contribution in [0.2, 0.25) is 0 Å². The maximum atomic E-state index is 10.6. The number of aliphatic hydroxyl groups is 4. The number of carbonyl (C=O) groups is 1. The van der Waals surface area contributed by atoms with E-state index in [1.54, 1.807) is 0 Å². The van der Waals surface area contributed by atoms with Gasteiger partial charge in [-0.1, -0.05) is 0 Å². The summed E-state index contributed by atoms with van der Waals surface area (Å²) >= 11 is 0. The van der Waals surface area contributed by atoms with Crippen LogP contribution in [-0.4, -0.2) is 63.6 Å². The molecule has 1 amide bonds. The lowest BCUT2D eigenvalue weighted by atomic mass is 9.98. The van der Waals surface area contributed by atoms with Crippen LogP contribution in [0.1, 0.15) is 6.92 Å². The van der Waals surface area contributed by atoms with Crippen LogP contribution in [0.5, 0.6) is 0 Å². The average molecular weight is 236 g/mol. The van der Waals surface area contributed by atoms with Gasteiger partial charge in [-0.05, 0) is 0 Å². The number of ether oxygens (including phenoxy) is 1. The van der Waals surface area contributed by atoms with Crippen LogP contribution in [0.15, 0.2) is 0 Å². The first-order valence-electron chi connectivity index (χ1n) is 4.80. The molecule has 1 saturated heterocycles. The molecule has 0 spiro atoms. The monoisotopic (exact) mass is 236 g/mol. The Balaban J connectivity index is 2.60. The van der Waals surface area contributed by atoms with Crippen molar-refractivity contribution < 1.29 is 30.0 Å². The van der Waals surface area contributed by atoms with E-state index in [0.717, 1.165) is 0 Å². The number of hydrazine groups is 1. The third-order valence-corrected chi connectivity index (χ3v) is 2.32. The van der Waals surface area contributed by atoms with E-state index < -0.39 is 43.2 Å². The molecule has 5 atom stereocenters. The molecule has 8 heteroatoms. The molecule has 0 aliphatic carbocycles. The molecule has 6 N–H and O–H groups in total. The zero-order valence-electron chi connectivity index (χ0n) is 8.70. The third-order valence-electron chi connectivity index (χ3n) is 2.32. The highest BCUT2D eigenvalue weighted by Crippen LogP contribution is 2.19. The summed E-state index contributed by atoms with van der Waals surface area (Å²) in [5, 5.41) is 37.4. The lowest BCUT2D eigenvalue weighted by molar-refractivity contribution is -0.255. The fourth-order valence-electron chi connectivity index (χ4n) is 1.44. The standard InChI is InChI=1S/C8H16N2O6/c1-3(12)9-10-5-7(14)6(13)4(2-11)16-8(5)15/h4-8,10-11,13-15H,2H2,1H3,(H,9,12)/t4-,5-,6-,7-,8?/m1/s1. The molecule has 0 radical (unpaired) electrons. The van der Waals surface area contributed by atoms with Crippen molar-refractivity contribution in [2.24, 2.45) is 0 Å². The van der Waals surface area contributed by atoms with Crippen LogP contribution < -0.4 is 10.9 Å². The Labute approximate surface area is 91.8 Å². The Morgan fingerprint density at radius 1 is 1.31 bits per heavy atom. The van der Waals surface area contributed by atoms with Crippen LogP contribution >= 0.6 is 0 Å². The van der Waals surface area contributed by atoms with Crippen molar-refractivity contribution in [2.45, 2.75) is 37.6 Å². The van der Waals surface area contributed by atoms with E-state index in [4.69, 9.17) is 9.84 Å². The van der Waals surface area contributed by atoms with Gasteiger partial charge in [0.25, 0.3) is 0 Å². The molecule has 1 aliphatic rings. The maximum Gasteiger partial charge on any atom is 0.230 e. The van der Waals surface area contributed by atoms with Crippen molar-refractivity contribution in [2.75, 3.05) is 6.61 Å². The van der Waals surface area contributed by atoms with Crippen molar-refractivity contribution in [3.8, 4) is 0 Å². The molecule has 94 valence electrons. The third kappa shape index (κ3) is 2.88. The van der Waals surface area contributed by atoms with Crippen molar-refractivity contribution >= 4 is 5.91 Å². The van der Waals surface area contributed by atoms with Crippen LogP contribution in [0.3, 0.4) is 0 Å². The van der Waals surface area contributed by atoms with Gasteiger partial charge in [-0.25, -0.2) is 5.43 Å². The molecule has 0 aromatic rings. The van der Waals surface area contributed by atoms with Crippen molar-refractivity contribution in [1.82, 2.24) is 10.9 Å². The number of hydrogen-bond donors (Lipinski definition) is 6. The molecule has 8 nitrogen and oxygen atoms in total. The fourth-order valence-corrected chi connectivity index (χ4v) is 1.44. The molecule has 1 aliphatic heterocycles. The number of nitrogens with one attached hydrogen (secondary N) is 2. The molecule has 0 aromatic heterocycles. The van der Waals surface area contributed by atoms with E-state index in [-0.39, 0.29) is 0 Å². The highest BCUT2D eigenvalue weighted by molar-refractivity contribution is 5.72. The van der Waals surface area contributed by atoms with Crippen LogP contribution in [0.25, 0.3) is 0 Å². The maximum absolute atomic E-state index is 10.6. The summed E-state index contributed by atoms with van der Waals surface area (Å²) in [7, 11) is 0. The van der Waals surface area contributed by atoms with E-state index in [9.17, 15) is 20.1 Å². The highest BCUT2D eigenvalue weighted by atomic mass is 16.6. The average Bonchev–Trinajstić information content (AvgIpc) is 2.22. The minimum absolute atomic E-state index is 0.418. The molecule has 16 heavy (non-hydrogen) atoms. The summed E-state index contributed by atoms with van der Waals surface area (Å²) in [6, 6.07) is -1.07. The molecule has 0 saturated carbocycles. The molecule has 1 fully saturated rings. The quantitative estimate of drug-likeness (QED) is 0.279. The normalized spacial score (nSPS) is 39.4. The van der Waals surface area contributed by atoms with Gasteiger partial charge in [-0.3, -0.25) is 10.2 Å². The number of rotatable bonds is 3. The summed E-state index contributed by atoms with van der Waals surface area (Å²) in [6.45, 7) is 0.713. The lowest BCUT2D eigenvalue weighted by Crippen LogP contribution is -2.65. The molecular formula is C8H16N2O6. The van der Waals surface area contributed by atoms with Gasteiger partial charge >= 0.3 is 0 Å². The number of amides is 1. The smallest absolute Gasteiger partial charge is 0.230 e. The van der Waals surface area contributed by atoms with Gasteiger partial charge < -0.3 is 25.2 Å². The van der Waals surface area contributed by atoms with Crippen molar-refractivity contribution in [3.05, 3.63) is 0 Å². The van der Waals surface area contributed by atoms with E-state index in [1.807, 2.05) is 0 Å². The highest BCUT2D eigenvalue weighted by Gasteiger charge is 2.43. The minimum atomic E-state index is -1.44. The first-order valence-corrected chi connectivity index (χ1v) is 4.80. The zero-order valence-corrected chi connectivity index (χ0v) is 8.70. The summed E-state index contributed by atoms with van der Waals surface area (Å²) in [5.41, 5.74) is 4.50. The number of aliphatic hydroxyl groups excluding tert-OH is 4. The minimum Gasteiger partial charge on any atom is -0.394 e. The first-order chi connectivity index (χ1) is 7.47. The van der Waals surface area contributed by atoms with Gasteiger partial charge in [0.15, 0.2) is 6.29 Å². The second kappa shape index (κ2) is 5.53. The predicted octanol–water partition coefficient (Wildman–Crippen LogP) is -3.57. The Morgan fingerprint density at radius 3 is 2.44 bits per heavy atom. The van der Waals surface area contributed by atoms with Gasteiger partial charge in [0.2, 0.25) is 5.91 Å². The van der Waals surface area contributed by atoms with Crippen LogP contribution in [0.4, 0.5) is 0 Å². The molecule has 0 aromatic carbocycles. The largest absolute Gasteiger partial charge is 0.394 e. The Morgan fingerprint density at radius 2 is 1.94 bits per heavy atom. The van der Waals surface area contributed by atoms with Crippen molar-refractivity contribution in [3.63, 3.8) is 0 Å². The van der Waals surface area contributed by atoms with Gasteiger partial charge in [0.1, 0.15) is 24.4 Å². The molecular weight excluding hydrogens is 220 g/mol. The molecule has 0 bridgehead atoms. The molecule has 1 heterocycles. The predicted molar refractivity (Wildman–Crippen MR) is 50.7 cm³/mol. The first kappa shape index (κ1) is 13.3. The Kier molecular flexibility index (Phi) is 4.59. The zero-order chi connectivity index (χ0) is 12.3. The molecule has 1 rings (SSSR count). The van der Waals surface area contributed by atoms with Gasteiger partial charge in [0, 0.05) is 6.92 Å². The van der Waals surface area contributed by atoms with Gasteiger partial charge in [-0.15, -0.1) is 0 Å². The summed E-state index contributed by atoms with van der Waals surface area (Å²) in [4.78, 5) is 10.6. The van der Waals surface area contributed by atoms with Gasteiger partial charge in [0.05, 0.1) is 6.61 Å². The fraction of sp³-hybridized carbons (Fsp3) is 0.875. The lowest BCUT2D eigenvalue weighted by Gasteiger charge is -2.40. The van der Waals surface area contributed by atoms with Gasteiger partial charge in [-0.2, -0.15) is 0 Å². The Hall–Kier alpha value is -0.770. The van der Waals surface area contributed by atoms with Crippen molar-refractivity contribution in [1.29, 1.82) is 0 Å². The summed E-state index contributed by atoms with van der Waals surface area (Å²) < 4.78 is 4.84. The molecule has 1 unspecified atom stereocenters. The SMILES string of the molecule is CC(=O)NN[C@H]1C(O)O[C@H](CO)[C@@H](O)[C@@H]1O. The second-order valence-corrected chi connectivity index (χ2v) is 3.58. The van der Waals surface area contributed by atoms with Crippen LogP contribution in [-0.2, 0) is 9.53 Å². The summed E-state index contributed by atoms with van der Waals surface area (Å²) in [5.74, 6) is -0.418. The Bertz CT molecular complexity index is 251. The van der Waals surface area contributed by atoms with Crippen LogP contribution in [0, 0.1) is 0 Å². The number of carbonyl (C=O) groups excluding carboxylic acids is 1. The topological polar surface area (TPSA) is 131 Å². The summed E-state index contributed by atoms with van der Waals surface area (Å²) in [6.07, 6.45) is -5.21. The van der Waals surface area contributed by atoms with E-state index in [2.05, 4.69) is 10.9 Å². The van der Waals surface area contributed by atoms with E-state index >= 15 is 0 Å². The second-order valence-electron chi connectivity index (χ2n) is 3.58. The van der Waals surface area contributed by atoms with E-state index in [0.29, 0.717) is 0 Å².